The molecule has 0 saturated carbocycles. The summed E-state index contributed by atoms with van der Waals surface area (Å²) in [5.41, 5.74) is 8.01. The van der Waals surface area contributed by atoms with E-state index in [1.54, 1.807) is 17.4 Å². The molecule has 90 valence electrons. The molecule has 0 saturated heterocycles. The molecular weight excluding hydrogens is 325 g/mol. The van der Waals surface area contributed by atoms with Gasteiger partial charge in [-0.1, -0.05) is 17.7 Å². The van der Waals surface area contributed by atoms with Gasteiger partial charge in [0.05, 0.1) is 0 Å². The summed E-state index contributed by atoms with van der Waals surface area (Å²) < 4.78 is 13.9. The number of benzene rings is 1. The largest absolute Gasteiger partial charge is 0.324 e. The lowest BCUT2D eigenvalue weighted by Gasteiger charge is -2.12. The minimum Gasteiger partial charge on any atom is -0.324 e. The zero-order valence-electron chi connectivity index (χ0n) is 8.79. The first-order chi connectivity index (χ1) is 8.08. The number of nitrogens with two attached hydrogens (primary N) is 1. The van der Waals surface area contributed by atoms with Crippen molar-refractivity contribution in [1.82, 2.24) is 0 Å². The lowest BCUT2D eigenvalue weighted by molar-refractivity contribution is 0.625. The summed E-state index contributed by atoms with van der Waals surface area (Å²) in [6.07, 6.45) is 0.592. The van der Waals surface area contributed by atoms with Gasteiger partial charge in [-0.3, -0.25) is 0 Å². The van der Waals surface area contributed by atoms with Crippen molar-refractivity contribution in [3.05, 3.63) is 55.4 Å². The molecule has 0 bridgehead atoms. The molecular formula is C12H10BrClFNS. The van der Waals surface area contributed by atoms with Crippen LogP contribution >= 0.6 is 38.9 Å². The molecule has 1 aromatic heterocycles. The van der Waals surface area contributed by atoms with Crippen molar-refractivity contribution in [1.29, 1.82) is 0 Å². The zero-order valence-corrected chi connectivity index (χ0v) is 11.9. The van der Waals surface area contributed by atoms with Crippen LogP contribution < -0.4 is 5.73 Å². The molecule has 5 heteroatoms. The summed E-state index contributed by atoms with van der Waals surface area (Å²) in [5, 5.41) is 4.42. The Bertz CT molecular complexity index is 529. The summed E-state index contributed by atoms with van der Waals surface area (Å²) in [4.78, 5) is 0. The third-order valence-electron chi connectivity index (χ3n) is 2.50. The van der Waals surface area contributed by atoms with Crippen LogP contribution in [-0.2, 0) is 6.42 Å². The molecule has 1 nitrogen and oxygen atoms in total. The maximum atomic E-state index is 12.9. The van der Waals surface area contributed by atoms with Crippen LogP contribution in [0, 0.1) is 5.82 Å². The van der Waals surface area contributed by atoms with Crippen LogP contribution in [0.25, 0.3) is 0 Å². The SMILES string of the molecule is NC(Cc1ccc(F)cc1Cl)c1cscc1Br. The lowest BCUT2D eigenvalue weighted by atomic mass is 10.0. The summed E-state index contributed by atoms with van der Waals surface area (Å²) in [5.74, 6) is -0.330. The Balaban J connectivity index is 2.19. The number of hydrogen-bond acceptors (Lipinski definition) is 2. The molecule has 1 atom stereocenters. The predicted octanol–water partition coefficient (Wildman–Crippen LogP) is 4.55. The van der Waals surface area contributed by atoms with E-state index in [9.17, 15) is 4.39 Å². The molecule has 17 heavy (non-hydrogen) atoms. The number of rotatable bonds is 3. The summed E-state index contributed by atoms with van der Waals surface area (Å²) in [7, 11) is 0. The van der Waals surface area contributed by atoms with E-state index in [0.29, 0.717) is 11.4 Å². The van der Waals surface area contributed by atoms with Crippen LogP contribution in [-0.4, -0.2) is 0 Å². The standard InChI is InChI=1S/C12H10BrClFNS/c13-10-6-17-5-9(10)12(16)3-7-1-2-8(15)4-11(7)14/h1-2,4-6,12H,3,16H2. The van der Waals surface area contributed by atoms with E-state index in [0.717, 1.165) is 15.6 Å². The van der Waals surface area contributed by atoms with Crippen molar-refractivity contribution in [2.24, 2.45) is 5.73 Å². The van der Waals surface area contributed by atoms with Gasteiger partial charge < -0.3 is 5.73 Å². The third kappa shape index (κ3) is 3.07. The molecule has 2 rings (SSSR count). The topological polar surface area (TPSA) is 26.0 Å². The Labute approximate surface area is 117 Å². The quantitative estimate of drug-likeness (QED) is 0.876. The molecule has 1 unspecified atom stereocenters. The summed E-state index contributed by atoms with van der Waals surface area (Å²) >= 11 is 11.0. The van der Waals surface area contributed by atoms with Gasteiger partial charge in [0.15, 0.2) is 0 Å². The summed E-state index contributed by atoms with van der Waals surface area (Å²) in [6, 6.07) is 4.25. The number of halogens is 3. The molecule has 0 radical (unpaired) electrons. The second kappa shape index (κ2) is 5.48. The summed E-state index contributed by atoms with van der Waals surface area (Å²) in [6.45, 7) is 0. The fourth-order valence-corrected chi connectivity index (χ4v) is 3.49. The van der Waals surface area contributed by atoms with Crippen molar-refractivity contribution in [2.45, 2.75) is 12.5 Å². The van der Waals surface area contributed by atoms with Gasteiger partial charge in [-0.25, -0.2) is 4.39 Å². The monoisotopic (exact) mass is 333 g/mol. The average Bonchev–Trinajstić information content (AvgIpc) is 2.68. The van der Waals surface area contributed by atoms with Crippen molar-refractivity contribution in [3.63, 3.8) is 0 Å². The predicted molar refractivity (Wildman–Crippen MR) is 74.1 cm³/mol. The van der Waals surface area contributed by atoms with Gasteiger partial charge in [0, 0.05) is 20.9 Å². The first-order valence-electron chi connectivity index (χ1n) is 4.99. The van der Waals surface area contributed by atoms with Crippen LogP contribution in [0.3, 0.4) is 0 Å². The van der Waals surface area contributed by atoms with E-state index < -0.39 is 0 Å². The van der Waals surface area contributed by atoms with Gasteiger partial charge in [-0.2, -0.15) is 11.3 Å². The maximum absolute atomic E-state index is 12.9. The van der Waals surface area contributed by atoms with E-state index in [1.165, 1.54) is 12.1 Å². The van der Waals surface area contributed by atoms with Crippen LogP contribution in [0.4, 0.5) is 4.39 Å². The Morgan fingerprint density at radius 3 is 2.76 bits per heavy atom. The van der Waals surface area contributed by atoms with Gasteiger partial charge in [0.25, 0.3) is 0 Å². The molecule has 0 aliphatic carbocycles. The van der Waals surface area contributed by atoms with Crippen LogP contribution in [0.15, 0.2) is 33.4 Å². The molecule has 0 aliphatic heterocycles. The van der Waals surface area contributed by atoms with E-state index in [1.807, 2.05) is 10.8 Å². The normalized spacial score (nSPS) is 12.7. The minimum absolute atomic E-state index is 0.140. The number of hydrogen-bond donors (Lipinski definition) is 1. The Hall–Kier alpha value is -0.420. The second-order valence-electron chi connectivity index (χ2n) is 3.72. The molecule has 2 N–H and O–H groups in total. The Kier molecular flexibility index (Phi) is 4.20. The molecule has 0 amide bonds. The first kappa shape index (κ1) is 13.0. The van der Waals surface area contributed by atoms with Crippen molar-refractivity contribution >= 4 is 38.9 Å². The van der Waals surface area contributed by atoms with Gasteiger partial charge in [-0.15, -0.1) is 0 Å². The Morgan fingerprint density at radius 2 is 2.18 bits per heavy atom. The highest BCUT2D eigenvalue weighted by molar-refractivity contribution is 9.10. The van der Waals surface area contributed by atoms with Crippen LogP contribution in [0.5, 0.6) is 0 Å². The minimum atomic E-state index is -0.330. The van der Waals surface area contributed by atoms with E-state index in [-0.39, 0.29) is 11.9 Å². The smallest absolute Gasteiger partial charge is 0.124 e. The lowest BCUT2D eigenvalue weighted by Crippen LogP contribution is -2.13. The van der Waals surface area contributed by atoms with Gasteiger partial charge in [0.1, 0.15) is 5.82 Å². The van der Waals surface area contributed by atoms with Crippen molar-refractivity contribution in [3.8, 4) is 0 Å². The fraction of sp³-hybridized carbons (Fsp3) is 0.167. The van der Waals surface area contributed by atoms with E-state index >= 15 is 0 Å². The van der Waals surface area contributed by atoms with E-state index in [4.69, 9.17) is 17.3 Å². The van der Waals surface area contributed by atoms with Crippen molar-refractivity contribution < 1.29 is 4.39 Å². The van der Waals surface area contributed by atoms with E-state index in [2.05, 4.69) is 15.9 Å². The van der Waals surface area contributed by atoms with Gasteiger partial charge >= 0.3 is 0 Å². The van der Waals surface area contributed by atoms with Gasteiger partial charge in [0.2, 0.25) is 0 Å². The number of thiophene rings is 1. The Morgan fingerprint density at radius 1 is 1.41 bits per heavy atom. The highest BCUT2D eigenvalue weighted by atomic mass is 79.9. The first-order valence-corrected chi connectivity index (χ1v) is 7.10. The zero-order chi connectivity index (χ0) is 12.4. The molecule has 1 aromatic carbocycles. The fourth-order valence-electron chi connectivity index (χ4n) is 1.59. The maximum Gasteiger partial charge on any atom is 0.124 e. The highest BCUT2D eigenvalue weighted by Gasteiger charge is 2.13. The molecule has 1 heterocycles. The van der Waals surface area contributed by atoms with Gasteiger partial charge in [-0.05, 0) is 51.0 Å². The third-order valence-corrected chi connectivity index (χ3v) is 4.60. The van der Waals surface area contributed by atoms with Crippen LogP contribution in [0.1, 0.15) is 17.2 Å². The van der Waals surface area contributed by atoms with Crippen LogP contribution in [0.2, 0.25) is 5.02 Å². The molecule has 0 aliphatic rings. The van der Waals surface area contributed by atoms with Crippen molar-refractivity contribution in [2.75, 3.05) is 0 Å². The molecule has 2 aromatic rings. The second-order valence-corrected chi connectivity index (χ2v) is 5.73. The average molecular weight is 335 g/mol. The molecule has 0 spiro atoms. The molecule has 0 fully saturated rings. The highest BCUT2D eigenvalue weighted by Crippen LogP contribution is 2.29.